The molecule has 1 aromatic carbocycles. The van der Waals surface area contributed by atoms with Gasteiger partial charge in [0.2, 0.25) is 0 Å². The van der Waals surface area contributed by atoms with Crippen LogP contribution in [-0.4, -0.2) is 30.7 Å². The lowest BCUT2D eigenvalue weighted by atomic mass is 10.0. The topological polar surface area (TPSA) is 28.2 Å². The van der Waals surface area contributed by atoms with E-state index in [1.807, 2.05) is 12.3 Å². The fraction of sp³-hybridized carbons (Fsp3) is 0.500. The highest BCUT2D eigenvalue weighted by molar-refractivity contribution is 5.91. The highest BCUT2D eigenvalue weighted by Gasteiger charge is 2.19. The summed E-state index contributed by atoms with van der Waals surface area (Å²) in [6.45, 7) is 7.94. The minimum Gasteiger partial charge on any atom is -0.371 e. The molecule has 0 radical (unpaired) electrons. The van der Waals surface area contributed by atoms with Gasteiger partial charge in [0.15, 0.2) is 0 Å². The molecule has 1 fully saturated rings. The summed E-state index contributed by atoms with van der Waals surface area (Å²) in [5.74, 6) is 0.659. The second-order valence-electron chi connectivity index (χ2n) is 6.20. The highest BCUT2D eigenvalue weighted by atomic mass is 15.1. The smallest absolute Gasteiger partial charge is 0.0722 e. The van der Waals surface area contributed by atoms with Gasteiger partial charge in [-0.15, -0.1) is 0 Å². The number of fused-ring (bicyclic) bond motifs is 1. The fourth-order valence-electron chi connectivity index (χ4n) is 3.24. The van der Waals surface area contributed by atoms with Crippen molar-refractivity contribution in [3.05, 3.63) is 36.5 Å². The van der Waals surface area contributed by atoms with Crippen LogP contribution in [0.15, 0.2) is 36.5 Å². The molecular formula is C18H25N3. The van der Waals surface area contributed by atoms with E-state index in [1.54, 1.807) is 0 Å². The average Bonchev–Trinajstić information content (AvgIpc) is 2.51. The molecule has 3 nitrogen and oxygen atoms in total. The Hall–Kier alpha value is -1.61. The van der Waals surface area contributed by atoms with Crippen LogP contribution in [0.25, 0.3) is 10.9 Å². The highest BCUT2D eigenvalue weighted by Crippen LogP contribution is 2.27. The molecule has 2 unspecified atom stereocenters. The Morgan fingerprint density at radius 1 is 1.29 bits per heavy atom. The number of rotatable bonds is 2. The Bertz CT molecular complexity index is 591. The molecule has 0 saturated carbocycles. The van der Waals surface area contributed by atoms with E-state index in [1.165, 1.54) is 23.9 Å². The van der Waals surface area contributed by atoms with Gasteiger partial charge in [0.1, 0.15) is 0 Å². The van der Waals surface area contributed by atoms with Crippen molar-refractivity contribution in [2.45, 2.75) is 32.7 Å². The number of aromatic nitrogens is 1. The van der Waals surface area contributed by atoms with Gasteiger partial charge in [-0.3, -0.25) is 4.98 Å². The van der Waals surface area contributed by atoms with Crippen LogP contribution < -0.4 is 10.2 Å². The van der Waals surface area contributed by atoms with Crippen molar-refractivity contribution < 1.29 is 0 Å². The third-order valence-corrected chi connectivity index (χ3v) is 4.49. The van der Waals surface area contributed by atoms with Crippen LogP contribution in [0.1, 0.15) is 26.7 Å². The van der Waals surface area contributed by atoms with E-state index in [2.05, 4.69) is 53.3 Å². The second-order valence-corrected chi connectivity index (χ2v) is 6.20. The molecule has 0 amide bonds. The number of hydrogen-bond donors (Lipinski definition) is 1. The molecule has 0 aliphatic carbocycles. The van der Waals surface area contributed by atoms with Crippen LogP contribution >= 0.6 is 0 Å². The van der Waals surface area contributed by atoms with Crippen molar-refractivity contribution >= 4 is 16.6 Å². The SMILES string of the molecule is CCC1CCN(c2cccc3ncccc23)CC(C)CN1. The predicted octanol–water partition coefficient (Wildman–Crippen LogP) is 3.45. The molecule has 1 saturated heterocycles. The molecule has 3 rings (SSSR count). The van der Waals surface area contributed by atoms with Gasteiger partial charge in [-0.1, -0.05) is 19.9 Å². The zero-order valence-electron chi connectivity index (χ0n) is 13.0. The van der Waals surface area contributed by atoms with E-state index >= 15 is 0 Å². The Balaban J connectivity index is 1.92. The van der Waals surface area contributed by atoms with Gasteiger partial charge in [-0.2, -0.15) is 0 Å². The van der Waals surface area contributed by atoms with Crippen LogP contribution in [0.2, 0.25) is 0 Å². The monoisotopic (exact) mass is 283 g/mol. The van der Waals surface area contributed by atoms with E-state index in [0.29, 0.717) is 12.0 Å². The van der Waals surface area contributed by atoms with Crippen molar-refractivity contribution in [2.24, 2.45) is 5.92 Å². The summed E-state index contributed by atoms with van der Waals surface area (Å²) >= 11 is 0. The number of pyridine rings is 1. The minimum atomic E-state index is 0.642. The first-order valence-corrected chi connectivity index (χ1v) is 8.10. The maximum absolute atomic E-state index is 4.49. The van der Waals surface area contributed by atoms with Crippen molar-refractivity contribution in [3.8, 4) is 0 Å². The Morgan fingerprint density at radius 2 is 2.19 bits per heavy atom. The normalized spacial score (nSPS) is 23.8. The first-order valence-electron chi connectivity index (χ1n) is 8.10. The quantitative estimate of drug-likeness (QED) is 0.915. The largest absolute Gasteiger partial charge is 0.371 e. The van der Waals surface area contributed by atoms with Gasteiger partial charge >= 0.3 is 0 Å². The van der Waals surface area contributed by atoms with Gasteiger partial charge < -0.3 is 10.2 Å². The number of nitrogens with zero attached hydrogens (tertiary/aromatic N) is 2. The standard InChI is InChI=1S/C18H25N3/c1-3-15-9-11-21(13-14(2)12-20-15)18-8-4-7-17-16(18)6-5-10-19-17/h4-8,10,14-15,20H,3,9,11-13H2,1-2H3. The van der Waals surface area contributed by atoms with E-state index in [9.17, 15) is 0 Å². The first-order chi connectivity index (χ1) is 10.3. The molecule has 1 N–H and O–H groups in total. The van der Waals surface area contributed by atoms with E-state index in [-0.39, 0.29) is 0 Å². The zero-order valence-corrected chi connectivity index (χ0v) is 13.0. The fourth-order valence-corrected chi connectivity index (χ4v) is 3.24. The van der Waals surface area contributed by atoms with Crippen molar-refractivity contribution in [2.75, 3.05) is 24.5 Å². The third-order valence-electron chi connectivity index (χ3n) is 4.49. The van der Waals surface area contributed by atoms with Crippen molar-refractivity contribution in [3.63, 3.8) is 0 Å². The predicted molar refractivity (Wildman–Crippen MR) is 89.8 cm³/mol. The lowest BCUT2D eigenvalue weighted by molar-refractivity contribution is 0.388. The Morgan fingerprint density at radius 3 is 3.05 bits per heavy atom. The minimum absolute atomic E-state index is 0.642. The lowest BCUT2D eigenvalue weighted by Gasteiger charge is -2.34. The Kier molecular flexibility index (Phi) is 4.39. The summed E-state index contributed by atoms with van der Waals surface area (Å²) in [4.78, 5) is 7.04. The number of benzene rings is 1. The summed E-state index contributed by atoms with van der Waals surface area (Å²) in [5, 5.41) is 4.96. The molecular weight excluding hydrogens is 258 g/mol. The summed E-state index contributed by atoms with van der Waals surface area (Å²) in [7, 11) is 0. The van der Waals surface area contributed by atoms with Crippen LogP contribution in [0.3, 0.4) is 0 Å². The number of hydrogen-bond acceptors (Lipinski definition) is 3. The third kappa shape index (κ3) is 3.18. The van der Waals surface area contributed by atoms with Gasteiger partial charge in [0.25, 0.3) is 0 Å². The molecule has 21 heavy (non-hydrogen) atoms. The van der Waals surface area contributed by atoms with Gasteiger partial charge in [-0.25, -0.2) is 0 Å². The molecule has 1 aromatic heterocycles. The number of nitrogens with one attached hydrogen (secondary N) is 1. The summed E-state index contributed by atoms with van der Waals surface area (Å²) in [6.07, 6.45) is 4.29. The van der Waals surface area contributed by atoms with Crippen molar-refractivity contribution in [1.29, 1.82) is 0 Å². The molecule has 2 atom stereocenters. The zero-order chi connectivity index (χ0) is 14.7. The van der Waals surface area contributed by atoms with Gasteiger partial charge in [0.05, 0.1) is 5.52 Å². The lowest BCUT2D eigenvalue weighted by Crippen LogP contribution is -2.43. The summed E-state index contributed by atoms with van der Waals surface area (Å²) in [6, 6.07) is 11.3. The van der Waals surface area contributed by atoms with Crippen LogP contribution in [0.4, 0.5) is 5.69 Å². The molecule has 1 aliphatic rings. The molecule has 112 valence electrons. The average molecular weight is 283 g/mol. The summed E-state index contributed by atoms with van der Waals surface area (Å²) in [5.41, 5.74) is 2.43. The molecule has 0 spiro atoms. The first kappa shape index (κ1) is 14.3. The number of anilines is 1. The molecule has 3 heteroatoms. The van der Waals surface area contributed by atoms with E-state index in [4.69, 9.17) is 0 Å². The van der Waals surface area contributed by atoms with Crippen molar-refractivity contribution in [1.82, 2.24) is 10.3 Å². The second kappa shape index (κ2) is 6.44. The molecule has 2 aromatic rings. The van der Waals surface area contributed by atoms with E-state index in [0.717, 1.165) is 25.2 Å². The van der Waals surface area contributed by atoms with Gasteiger partial charge in [0, 0.05) is 36.4 Å². The Labute approximate surface area is 127 Å². The molecule has 2 heterocycles. The molecule has 0 bridgehead atoms. The van der Waals surface area contributed by atoms with Crippen LogP contribution in [0, 0.1) is 5.92 Å². The van der Waals surface area contributed by atoms with E-state index < -0.39 is 0 Å². The summed E-state index contributed by atoms with van der Waals surface area (Å²) < 4.78 is 0. The molecule has 1 aliphatic heterocycles. The maximum Gasteiger partial charge on any atom is 0.0722 e. The van der Waals surface area contributed by atoms with Crippen LogP contribution in [0.5, 0.6) is 0 Å². The van der Waals surface area contributed by atoms with Crippen LogP contribution in [-0.2, 0) is 0 Å². The van der Waals surface area contributed by atoms with Gasteiger partial charge in [-0.05, 0) is 49.6 Å². The maximum atomic E-state index is 4.49.